The maximum absolute atomic E-state index is 12.9. The topological polar surface area (TPSA) is 83.8 Å². The molecule has 0 aromatic heterocycles. The summed E-state index contributed by atoms with van der Waals surface area (Å²) in [7, 11) is 1.51. The molecule has 2 unspecified atom stereocenters. The maximum Gasteiger partial charge on any atom is 0.197 e. The number of hydrogen-bond donors (Lipinski definition) is 2. The summed E-state index contributed by atoms with van der Waals surface area (Å²) < 4.78 is 5.58. The Kier molecular flexibility index (Phi) is 2.46. The number of ketones is 2. The normalized spacial score (nSPS) is 28.9. The number of fused-ring (bicyclic) bond motifs is 2. The Morgan fingerprint density at radius 1 is 1.14 bits per heavy atom. The van der Waals surface area contributed by atoms with Gasteiger partial charge in [0.2, 0.25) is 0 Å². The zero-order valence-corrected chi connectivity index (χ0v) is 11.9. The lowest BCUT2D eigenvalue weighted by Gasteiger charge is -2.44. The van der Waals surface area contributed by atoms with Crippen molar-refractivity contribution in [2.24, 2.45) is 5.92 Å². The van der Waals surface area contributed by atoms with E-state index in [-0.39, 0.29) is 28.5 Å². The molecule has 0 saturated carbocycles. The van der Waals surface area contributed by atoms with Crippen LogP contribution in [0.25, 0.3) is 0 Å². The minimum atomic E-state index is -0.910. The van der Waals surface area contributed by atoms with Crippen molar-refractivity contribution in [3.05, 3.63) is 46.6 Å². The third-order valence-corrected chi connectivity index (χ3v) is 4.94. The van der Waals surface area contributed by atoms with Crippen molar-refractivity contribution in [1.82, 2.24) is 0 Å². The quantitative estimate of drug-likeness (QED) is 0.613. The number of carbonyl (C=O) groups is 2. The summed E-state index contributed by atoms with van der Waals surface area (Å²) in [5.74, 6) is -1.55. The molecule has 2 N–H and O–H groups in total. The van der Waals surface area contributed by atoms with Crippen molar-refractivity contribution in [2.45, 2.75) is 18.4 Å². The molecular weight excluding hydrogens is 284 g/mol. The first kappa shape index (κ1) is 13.3. The third kappa shape index (κ3) is 1.37. The SMILES string of the molecule is COC12C=CC(CC1)C1=C2C(=O)c2c(O)ccc(O)c2C1=O. The van der Waals surface area contributed by atoms with E-state index in [4.69, 9.17) is 4.74 Å². The molecule has 0 radical (unpaired) electrons. The fourth-order valence-electron chi connectivity index (χ4n) is 3.85. The monoisotopic (exact) mass is 298 g/mol. The predicted molar refractivity (Wildman–Crippen MR) is 77.1 cm³/mol. The summed E-state index contributed by atoms with van der Waals surface area (Å²) in [4.78, 5) is 25.8. The molecule has 1 aromatic rings. The number of phenolic OH excluding ortho intramolecular Hbond substituents is 2. The molecule has 0 spiro atoms. The Hall–Kier alpha value is -2.40. The van der Waals surface area contributed by atoms with Crippen molar-refractivity contribution in [3.8, 4) is 11.5 Å². The number of Topliss-reactive ketones (excluding diaryl/α,β-unsaturated/α-hetero) is 2. The molecule has 2 bridgehead atoms. The number of hydrogen-bond acceptors (Lipinski definition) is 5. The van der Waals surface area contributed by atoms with Gasteiger partial charge in [-0.15, -0.1) is 0 Å². The van der Waals surface area contributed by atoms with Crippen LogP contribution in [0.3, 0.4) is 0 Å². The van der Waals surface area contributed by atoms with E-state index < -0.39 is 17.2 Å². The van der Waals surface area contributed by atoms with Gasteiger partial charge in [0, 0.05) is 24.2 Å². The lowest BCUT2D eigenvalue weighted by Crippen LogP contribution is -2.47. The number of benzene rings is 1. The van der Waals surface area contributed by atoms with Crippen LogP contribution in [0, 0.1) is 5.92 Å². The lowest BCUT2D eigenvalue weighted by molar-refractivity contribution is 0.0341. The molecule has 22 heavy (non-hydrogen) atoms. The van der Waals surface area contributed by atoms with Crippen LogP contribution in [0.5, 0.6) is 11.5 Å². The number of rotatable bonds is 1. The highest BCUT2D eigenvalue weighted by molar-refractivity contribution is 6.30. The zero-order valence-electron chi connectivity index (χ0n) is 11.9. The molecular formula is C17H14O5. The maximum atomic E-state index is 12.9. The molecule has 112 valence electrons. The van der Waals surface area contributed by atoms with E-state index >= 15 is 0 Å². The summed E-state index contributed by atoms with van der Waals surface area (Å²) in [5, 5.41) is 20.0. The first-order valence-electron chi connectivity index (χ1n) is 7.13. The number of allylic oxidation sites excluding steroid dienone is 2. The van der Waals surface area contributed by atoms with E-state index in [1.165, 1.54) is 19.2 Å². The van der Waals surface area contributed by atoms with Crippen LogP contribution >= 0.6 is 0 Å². The Balaban J connectivity index is 2.05. The van der Waals surface area contributed by atoms with Gasteiger partial charge in [0.1, 0.15) is 17.1 Å². The second-order valence-electron chi connectivity index (χ2n) is 5.90. The summed E-state index contributed by atoms with van der Waals surface area (Å²) in [6.45, 7) is 0. The molecule has 0 saturated heterocycles. The average Bonchev–Trinajstić information content (AvgIpc) is 2.55. The van der Waals surface area contributed by atoms with Gasteiger partial charge in [-0.1, -0.05) is 12.2 Å². The highest BCUT2D eigenvalue weighted by Crippen LogP contribution is 2.51. The van der Waals surface area contributed by atoms with Gasteiger partial charge in [0.05, 0.1) is 11.1 Å². The fourth-order valence-corrected chi connectivity index (χ4v) is 3.85. The lowest BCUT2D eigenvalue weighted by atomic mass is 9.62. The van der Waals surface area contributed by atoms with E-state index in [0.717, 1.165) is 6.42 Å². The minimum Gasteiger partial charge on any atom is -0.507 e. The van der Waals surface area contributed by atoms with Crippen LogP contribution in [0.4, 0.5) is 0 Å². The Bertz CT molecular complexity index is 802. The van der Waals surface area contributed by atoms with E-state index in [2.05, 4.69) is 0 Å². The average molecular weight is 298 g/mol. The number of methoxy groups -OCH3 is 1. The van der Waals surface area contributed by atoms with Crippen molar-refractivity contribution >= 4 is 11.6 Å². The van der Waals surface area contributed by atoms with Gasteiger partial charge in [-0.05, 0) is 25.0 Å². The standard InChI is InChI=1S/C17H14O5/c1-22-17-6-4-8(5-7-17)11-14(17)16(21)13-10(19)3-2-9(18)12(13)15(11)20/h2-4,6,8,18-19H,5,7H2,1H3. The van der Waals surface area contributed by atoms with Crippen molar-refractivity contribution in [2.75, 3.05) is 7.11 Å². The Morgan fingerprint density at radius 3 is 2.32 bits per heavy atom. The van der Waals surface area contributed by atoms with Gasteiger partial charge in [-0.25, -0.2) is 0 Å². The van der Waals surface area contributed by atoms with Crippen LogP contribution in [-0.2, 0) is 4.74 Å². The van der Waals surface area contributed by atoms with E-state index in [0.29, 0.717) is 17.6 Å². The highest BCUT2D eigenvalue weighted by Gasteiger charge is 2.52. The van der Waals surface area contributed by atoms with Gasteiger partial charge in [-0.2, -0.15) is 0 Å². The smallest absolute Gasteiger partial charge is 0.197 e. The molecule has 2 atom stereocenters. The van der Waals surface area contributed by atoms with Crippen LogP contribution in [0.1, 0.15) is 33.6 Å². The van der Waals surface area contributed by atoms with Crippen molar-refractivity contribution in [3.63, 3.8) is 0 Å². The Morgan fingerprint density at radius 2 is 1.77 bits per heavy atom. The molecule has 4 aliphatic rings. The molecule has 0 fully saturated rings. The fraction of sp³-hybridized carbons (Fsp3) is 0.294. The summed E-state index contributed by atoms with van der Waals surface area (Å²) >= 11 is 0. The predicted octanol–water partition coefficient (Wildman–Crippen LogP) is 2.14. The third-order valence-electron chi connectivity index (χ3n) is 4.94. The summed E-state index contributed by atoms with van der Waals surface area (Å²) in [6.07, 6.45) is 5.06. The van der Waals surface area contributed by atoms with E-state index in [1.807, 2.05) is 12.2 Å². The van der Waals surface area contributed by atoms with Crippen LogP contribution in [-0.4, -0.2) is 34.5 Å². The first-order valence-corrected chi connectivity index (χ1v) is 7.13. The summed E-state index contributed by atoms with van der Waals surface area (Å²) in [5.41, 5.74) is -0.426. The van der Waals surface area contributed by atoms with E-state index in [9.17, 15) is 19.8 Å². The number of aromatic hydroxyl groups is 2. The van der Waals surface area contributed by atoms with Crippen LogP contribution in [0.2, 0.25) is 0 Å². The number of ether oxygens (including phenoxy) is 1. The minimum absolute atomic E-state index is 0.101. The van der Waals surface area contributed by atoms with Gasteiger partial charge in [0.25, 0.3) is 0 Å². The Labute approximate surface area is 126 Å². The number of carbonyl (C=O) groups excluding carboxylic acids is 2. The molecule has 0 heterocycles. The largest absolute Gasteiger partial charge is 0.507 e. The second kappa shape index (κ2) is 4.08. The molecule has 4 aliphatic carbocycles. The zero-order chi connectivity index (χ0) is 15.6. The van der Waals surface area contributed by atoms with Gasteiger partial charge in [0.15, 0.2) is 11.6 Å². The molecule has 0 amide bonds. The first-order chi connectivity index (χ1) is 10.5. The highest BCUT2D eigenvalue weighted by atomic mass is 16.5. The molecule has 5 rings (SSSR count). The van der Waals surface area contributed by atoms with Gasteiger partial charge < -0.3 is 14.9 Å². The summed E-state index contributed by atoms with van der Waals surface area (Å²) in [6, 6.07) is 2.45. The molecule has 0 aliphatic heterocycles. The second-order valence-corrected chi connectivity index (χ2v) is 5.90. The van der Waals surface area contributed by atoms with Crippen LogP contribution < -0.4 is 0 Å². The van der Waals surface area contributed by atoms with Crippen molar-refractivity contribution < 1.29 is 24.5 Å². The molecule has 1 aromatic carbocycles. The van der Waals surface area contributed by atoms with E-state index in [1.54, 1.807) is 0 Å². The van der Waals surface area contributed by atoms with Crippen molar-refractivity contribution in [1.29, 1.82) is 0 Å². The number of phenols is 2. The molecule has 5 nitrogen and oxygen atoms in total. The van der Waals surface area contributed by atoms with Gasteiger partial charge >= 0.3 is 0 Å². The van der Waals surface area contributed by atoms with Gasteiger partial charge in [-0.3, -0.25) is 9.59 Å². The van der Waals surface area contributed by atoms with Crippen LogP contribution in [0.15, 0.2) is 35.4 Å². The molecule has 5 heteroatoms.